The molecule has 6 heteroatoms. The van der Waals surface area contributed by atoms with Gasteiger partial charge in [-0.15, -0.1) is 0 Å². The van der Waals surface area contributed by atoms with Gasteiger partial charge in [-0.1, -0.05) is 46.5 Å². The van der Waals surface area contributed by atoms with Gasteiger partial charge in [-0.2, -0.15) is 0 Å². The van der Waals surface area contributed by atoms with Crippen LogP contribution in [0.2, 0.25) is 0 Å². The highest BCUT2D eigenvalue weighted by molar-refractivity contribution is 7.99. The number of thiol groups is 1. The van der Waals surface area contributed by atoms with Crippen LogP contribution in [0, 0.1) is 0 Å². The van der Waals surface area contributed by atoms with Gasteiger partial charge < -0.3 is 14.8 Å². The Morgan fingerprint density at radius 2 is 1.71 bits per heavy atom. The first-order valence-corrected chi connectivity index (χ1v) is 12.6. The van der Waals surface area contributed by atoms with E-state index in [1.807, 2.05) is 36.8 Å². The lowest BCUT2D eigenvalue weighted by atomic mass is 10.0. The molecule has 0 aromatic heterocycles. The smallest absolute Gasteiger partial charge is 0.162 e. The van der Waals surface area contributed by atoms with E-state index in [0.717, 1.165) is 49.5 Å². The molecule has 5 nitrogen and oxygen atoms in total. The van der Waals surface area contributed by atoms with Crippen molar-refractivity contribution in [3.8, 4) is 11.5 Å². The highest BCUT2D eigenvalue weighted by Crippen LogP contribution is 2.35. The van der Waals surface area contributed by atoms with Crippen molar-refractivity contribution in [1.29, 1.82) is 0 Å². The van der Waals surface area contributed by atoms with Crippen LogP contribution in [-0.2, 0) is 16.7 Å². The second kappa shape index (κ2) is 8.23. The second-order valence-corrected chi connectivity index (χ2v) is 11.2. The van der Waals surface area contributed by atoms with E-state index >= 15 is 0 Å². The Morgan fingerprint density at radius 1 is 1.04 bits per heavy atom. The van der Waals surface area contributed by atoms with Gasteiger partial charge in [0.25, 0.3) is 0 Å². The third-order valence-electron chi connectivity index (χ3n) is 5.61. The molecule has 28 heavy (non-hydrogen) atoms. The van der Waals surface area contributed by atoms with Gasteiger partial charge in [-0.05, 0) is 36.1 Å². The molecular weight excluding hydrogens is 372 g/mol. The zero-order valence-electron chi connectivity index (χ0n) is 16.6. The number of nitrogens with zero attached hydrogens (tertiary/aromatic N) is 1. The number of fused-ring (bicyclic) bond motifs is 1. The van der Waals surface area contributed by atoms with E-state index in [0.29, 0.717) is 12.6 Å². The average Bonchev–Trinajstić information content (AvgIpc) is 2.72. The first-order chi connectivity index (χ1) is 13.5. The Morgan fingerprint density at radius 3 is 2.39 bits per heavy atom. The lowest BCUT2D eigenvalue weighted by molar-refractivity contribution is 0.0913. The summed E-state index contributed by atoms with van der Waals surface area (Å²) in [6.07, 6.45) is 5.76. The maximum absolute atomic E-state index is 12.2. The van der Waals surface area contributed by atoms with E-state index in [-0.39, 0.29) is 6.10 Å². The van der Waals surface area contributed by atoms with Crippen molar-refractivity contribution in [2.75, 3.05) is 32.2 Å². The molecule has 2 aromatic rings. The van der Waals surface area contributed by atoms with Crippen molar-refractivity contribution >= 4 is 10.1 Å². The molecule has 0 spiro atoms. The highest BCUT2D eigenvalue weighted by atomic mass is 32.3. The Kier molecular flexibility index (Phi) is 5.71. The number of ether oxygens (including phenoxy) is 2. The monoisotopic (exact) mass is 402 g/mol. The van der Waals surface area contributed by atoms with Gasteiger partial charge in [-0.3, -0.25) is 4.21 Å². The molecule has 0 amide bonds. The zero-order valence-corrected chi connectivity index (χ0v) is 17.5. The molecule has 1 saturated heterocycles. The normalized spacial score (nSPS) is 21.4. The number of piperidine rings is 1. The van der Waals surface area contributed by atoms with E-state index in [4.69, 9.17) is 9.47 Å². The fourth-order valence-corrected chi connectivity index (χ4v) is 5.04. The number of para-hydroxylation sites is 2. The van der Waals surface area contributed by atoms with Crippen molar-refractivity contribution < 1.29 is 13.7 Å². The fourth-order valence-electron chi connectivity index (χ4n) is 3.85. The van der Waals surface area contributed by atoms with Crippen LogP contribution in [0.4, 0.5) is 0 Å². The van der Waals surface area contributed by atoms with Gasteiger partial charge in [0.2, 0.25) is 0 Å². The van der Waals surface area contributed by atoms with E-state index in [1.165, 1.54) is 5.56 Å². The van der Waals surface area contributed by atoms with Gasteiger partial charge in [0.1, 0.15) is 6.61 Å². The van der Waals surface area contributed by atoms with Crippen molar-refractivity contribution in [2.45, 2.75) is 31.5 Å². The van der Waals surface area contributed by atoms with Gasteiger partial charge in [-0.25, -0.2) is 4.31 Å². The molecule has 0 aliphatic carbocycles. The fraction of sp³-hybridized carbons (Fsp3) is 0.455. The second-order valence-electron chi connectivity index (χ2n) is 8.01. The third-order valence-corrected chi connectivity index (χ3v) is 7.37. The first-order valence-electron chi connectivity index (χ1n) is 10.0. The summed E-state index contributed by atoms with van der Waals surface area (Å²) in [6, 6.07) is 16.9. The molecule has 2 heterocycles. The molecule has 0 radical (unpaired) electrons. The number of nitrogens with one attached hydrogen (secondary N) is 1. The van der Waals surface area contributed by atoms with E-state index in [1.54, 1.807) is 0 Å². The molecule has 2 aliphatic rings. The molecule has 0 unspecified atom stereocenters. The molecule has 1 atom stereocenters. The minimum Gasteiger partial charge on any atom is -0.485 e. The maximum Gasteiger partial charge on any atom is 0.162 e. The summed E-state index contributed by atoms with van der Waals surface area (Å²) < 4.78 is 26.2. The topological polar surface area (TPSA) is 50.8 Å². The third kappa shape index (κ3) is 4.57. The average molecular weight is 403 g/mol. The van der Waals surface area contributed by atoms with Crippen LogP contribution in [0.5, 0.6) is 11.5 Å². The molecular formula is C22H30N2O3S. The van der Waals surface area contributed by atoms with Crippen molar-refractivity contribution in [3.05, 3.63) is 59.7 Å². The Labute approximate surface area is 168 Å². The SMILES string of the molecule is C[SH](C)(=O)N1CCC(NCc2ccc([C@H]3COc4ccccc4O3)cc2)CC1. The largest absolute Gasteiger partial charge is 0.485 e. The van der Waals surface area contributed by atoms with Crippen LogP contribution in [0.1, 0.15) is 30.1 Å². The van der Waals surface area contributed by atoms with Gasteiger partial charge in [0.05, 0.1) is 0 Å². The van der Waals surface area contributed by atoms with Crippen molar-refractivity contribution in [2.24, 2.45) is 0 Å². The minimum absolute atomic E-state index is 0.0694. The van der Waals surface area contributed by atoms with Gasteiger partial charge in [0, 0.05) is 38.2 Å². The zero-order chi connectivity index (χ0) is 19.6. The van der Waals surface area contributed by atoms with Crippen LogP contribution < -0.4 is 14.8 Å². The predicted octanol–water partition coefficient (Wildman–Crippen LogP) is 2.94. The Hall–Kier alpha value is -1.89. The lowest BCUT2D eigenvalue weighted by Crippen LogP contribution is -2.46. The molecule has 1 fully saturated rings. The summed E-state index contributed by atoms with van der Waals surface area (Å²) in [5, 5.41) is 3.65. The molecule has 4 rings (SSSR count). The van der Waals surface area contributed by atoms with E-state index in [9.17, 15) is 4.21 Å². The lowest BCUT2D eigenvalue weighted by Gasteiger charge is -2.37. The standard InChI is InChI=1S/C22H30N2O3S/c1-28(2,25)24-13-11-19(12-14-24)23-15-17-7-9-18(10-8-17)22-16-26-20-5-3-4-6-21(20)27-22/h3-10,19,22-23,28H,11-16H2,1-2H3/t22-/m1/s1. The van der Waals surface area contributed by atoms with Crippen molar-refractivity contribution in [3.63, 3.8) is 0 Å². The van der Waals surface area contributed by atoms with Gasteiger partial charge >= 0.3 is 0 Å². The predicted molar refractivity (Wildman–Crippen MR) is 115 cm³/mol. The molecule has 2 aromatic carbocycles. The van der Waals surface area contributed by atoms with E-state index in [2.05, 4.69) is 33.9 Å². The quantitative estimate of drug-likeness (QED) is 0.755. The highest BCUT2D eigenvalue weighted by Gasteiger charge is 2.24. The van der Waals surface area contributed by atoms with Crippen LogP contribution >= 0.6 is 0 Å². The molecule has 0 bridgehead atoms. The van der Waals surface area contributed by atoms with Crippen LogP contribution in [0.15, 0.2) is 48.5 Å². The molecule has 152 valence electrons. The summed E-state index contributed by atoms with van der Waals surface area (Å²) in [5.41, 5.74) is 2.40. The Balaban J connectivity index is 1.28. The Bertz CT molecular complexity index is 841. The summed E-state index contributed by atoms with van der Waals surface area (Å²) in [7, 11) is -2.10. The van der Waals surface area contributed by atoms with Crippen LogP contribution in [-0.4, -0.2) is 46.8 Å². The number of rotatable bonds is 5. The maximum atomic E-state index is 12.2. The summed E-state index contributed by atoms with van der Waals surface area (Å²) >= 11 is 0. The van der Waals surface area contributed by atoms with Crippen molar-refractivity contribution in [1.82, 2.24) is 9.62 Å². The molecule has 1 N–H and O–H groups in total. The first kappa shape index (κ1) is 19.4. The number of benzene rings is 2. The summed E-state index contributed by atoms with van der Waals surface area (Å²) in [4.78, 5) is 0. The van der Waals surface area contributed by atoms with Gasteiger partial charge in [0.15, 0.2) is 17.6 Å². The number of hydrogen-bond donors (Lipinski definition) is 2. The number of hydrogen-bond acceptors (Lipinski definition) is 4. The summed E-state index contributed by atoms with van der Waals surface area (Å²) in [6.45, 7) is 3.22. The molecule has 0 saturated carbocycles. The van der Waals surface area contributed by atoms with Crippen LogP contribution in [0.3, 0.4) is 0 Å². The molecule has 2 aliphatic heterocycles. The van der Waals surface area contributed by atoms with Crippen LogP contribution in [0.25, 0.3) is 0 Å². The minimum atomic E-state index is -2.10. The summed E-state index contributed by atoms with van der Waals surface area (Å²) in [5.74, 6) is 1.62. The van der Waals surface area contributed by atoms with E-state index < -0.39 is 10.1 Å².